The SMILES string of the molecule is C[C@H](CC(=O)C[C@H](CC(=O)O)CC(=O)OC(C)(C)C)C(=O)NCc1cccc2ccccc12. The maximum absolute atomic E-state index is 12.6. The van der Waals surface area contributed by atoms with Crippen LogP contribution in [0.1, 0.15) is 58.9 Å². The topological polar surface area (TPSA) is 110 Å². The van der Waals surface area contributed by atoms with Gasteiger partial charge in [0.05, 0.1) is 0 Å². The number of benzene rings is 2. The number of aliphatic carboxylic acids is 1. The van der Waals surface area contributed by atoms with Gasteiger partial charge in [0.2, 0.25) is 5.91 Å². The Bertz CT molecular complexity index is 1000. The minimum absolute atomic E-state index is 0.0220. The molecule has 178 valence electrons. The molecule has 7 heteroatoms. The highest BCUT2D eigenvalue weighted by atomic mass is 16.6. The van der Waals surface area contributed by atoms with Crippen LogP contribution in [0.5, 0.6) is 0 Å². The van der Waals surface area contributed by atoms with Crippen molar-refractivity contribution in [2.75, 3.05) is 0 Å². The van der Waals surface area contributed by atoms with E-state index in [1.165, 1.54) is 0 Å². The predicted octanol–water partition coefficient (Wildman–Crippen LogP) is 4.26. The van der Waals surface area contributed by atoms with E-state index in [4.69, 9.17) is 9.84 Å². The Labute approximate surface area is 194 Å². The van der Waals surface area contributed by atoms with E-state index in [1.807, 2.05) is 42.5 Å². The molecule has 0 saturated heterocycles. The average Bonchev–Trinajstić information content (AvgIpc) is 2.69. The third-order valence-electron chi connectivity index (χ3n) is 5.17. The number of Topliss-reactive ketones (excluding diaryl/α,β-unsaturated/α-hetero) is 1. The van der Waals surface area contributed by atoms with Gasteiger partial charge in [0.1, 0.15) is 11.4 Å². The minimum atomic E-state index is -1.09. The summed E-state index contributed by atoms with van der Waals surface area (Å²) in [7, 11) is 0. The van der Waals surface area contributed by atoms with Gasteiger partial charge in [0.15, 0.2) is 0 Å². The lowest BCUT2D eigenvalue weighted by molar-refractivity contribution is -0.156. The Morgan fingerprint density at radius 1 is 0.939 bits per heavy atom. The summed E-state index contributed by atoms with van der Waals surface area (Å²) in [5.41, 5.74) is 0.296. The Morgan fingerprint density at radius 2 is 1.61 bits per heavy atom. The van der Waals surface area contributed by atoms with Gasteiger partial charge in [-0.2, -0.15) is 0 Å². The molecule has 0 spiro atoms. The Balaban J connectivity index is 1.90. The van der Waals surface area contributed by atoms with Crippen molar-refractivity contribution >= 4 is 34.4 Å². The molecule has 33 heavy (non-hydrogen) atoms. The van der Waals surface area contributed by atoms with E-state index in [0.29, 0.717) is 6.54 Å². The first-order valence-corrected chi connectivity index (χ1v) is 11.1. The van der Waals surface area contributed by atoms with Gasteiger partial charge in [-0.3, -0.25) is 19.2 Å². The quantitative estimate of drug-likeness (QED) is 0.490. The van der Waals surface area contributed by atoms with Gasteiger partial charge in [-0.25, -0.2) is 0 Å². The average molecular weight is 456 g/mol. The van der Waals surface area contributed by atoms with Gasteiger partial charge in [0.25, 0.3) is 0 Å². The predicted molar refractivity (Wildman–Crippen MR) is 125 cm³/mol. The lowest BCUT2D eigenvalue weighted by atomic mass is 9.91. The normalized spacial score (nSPS) is 13.2. The van der Waals surface area contributed by atoms with Crippen LogP contribution in [0.4, 0.5) is 0 Å². The standard InChI is InChI=1S/C26H33NO6/c1-17(25(32)27-16-20-10-7-9-19-8-5-6-11-22(19)20)12-21(28)13-18(14-23(29)30)15-24(31)33-26(2,3)4/h5-11,17-18H,12-16H2,1-4H3,(H,27,32)(H,29,30)/t17-,18-/m1/s1. The van der Waals surface area contributed by atoms with Crippen LogP contribution in [0, 0.1) is 11.8 Å². The van der Waals surface area contributed by atoms with E-state index in [-0.39, 0.29) is 37.4 Å². The van der Waals surface area contributed by atoms with E-state index in [1.54, 1.807) is 27.7 Å². The molecule has 2 N–H and O–H groups in total. The number of esters is 1. The highest BCUT2D eigenvalue weighted by molar-refractivity contribution is 5.88. The molecule has 2 rings (SSSR count). The minimum Gasteiger partial charge on any atom is -0.481 e. The van der Waals surface area contributed by atoms with Crippen molar-refractivity contribution in [3.05, 3.63) is 48.0 Å². The molecule has 0 aromatic heterocycles. The highest BCUT2D eigenvalue weighted by Crippen LogP contribution is 2.21. The van der Waals surface area contributed by atoms with Gasteiger partial charge in [-0.15, -0.1) is 0 Å². The van der Waals surface area contributed by atoms with Crippen molar-refractivity contribution in [3.8, 4) is 0 Å². The van der Waals surface area contributed by atoms with Crippen LogP contribution in [0.3, 0.4) is 0 Å². The largest absolute Gasteiger partial charge is 0.481 e. The molecule has 0 heterocycles. The van der Waals surface area contributed by atoms with Gasteiger partial charge in [-0.05, 0) is 43.0 Å². The smallest absolute Gasteiger partial charge is 0.306 e. The van der Waals surface area contributed by atoms with Crippen molar-refractivity contribution in [3.63, 3.8) is 0 Å². The molecule has 7 nitrogen and oxygen atoms in total. The molecule has 0 aliphatic carbocycles. The highest BCUT2D eigenvalue weighted by Gasteiger charge is 2.26. The molecule has 2 atom stereocenters. The first-order chi connectivity index (χ1) is 15.4. The van der Waals surface area contributed by atoms with Crippen LogP contribution in [0.25, 0.3) is 10.8 Å². The van der Waals surface area contributed by atoms with Crippen LogP contribution in [0.15, 0.2) is 42.5 Å². The van der Waals surface area contributed by atoms with Gasteiger partial charge < -0.3 is 15.2 Å². The van der Waals surface area contributed by atoms with Crippen molar-refractivity contribution < 1.29 is 29.0 Å². The summed E-state index contributed by atoms with van der Waals surface area (Å²) in [5.74, 6) is -3.37. The Morgan fingerprint density at radius 3 is 2.27 bits per heavy atom. The number of nitrogens with one attached hydrogen (secondary N) is 1. The zero-order chi connectivity index (χ0) is 24.6. The van der Waals surface area contributed by atoms with E-state index >= 15 is 0 Å². The zero-order valence-corrected chi connectivity index (χ0v) is 19.7. The number of ketones is 1. The monoisotopic (exact) mass is 455 g/mol. The summed E-state index contributed by atoms with van der Waals surface area (Å²) in [6.45, 7) is 7.18. The van der Waals surface area contributed by atoms with Gasteiger partial charge in [-0.1, -0.05) is 49.4 Å². The molecule has 2 aromatic carbocycles. The number of hydrogen-bond donors (Lipinski definition) is 2. The molecule has 1 amide bonds. The third-order valence-corrected chi connectivity index (χ3v) is 5.17. The fourth-order valence-corrected chi connectivity index (χ4v) is 3.73. The second kappa shape index (κ2) is 11.6. The molecular formula is C26H33NO6. The number of amides is 1. The zero-order valence-electron chi connectivity index (χ0n) is 19.7. The third kappa shape index (κ3) is 9.04. The number of carboxylic acid groups (broad SMARTS) is 1. The lowest BCUT2D eigenvalue weighted by Crippen LogP contribution is -2.31. The Hall–Kier alpha value is -3.22. The lowest BCUT2D eigenvalue weighted by Gasteiger charge is -2.21. The number of carboxylic acids is 1. The molecule has 0 radical (unpaired) electrons. The summed E-state index contributed by atoms with van der Waals surface area (Å²) in [5, 5.41) is 14.2. The maximum atomic E-state index is 12.6. The fourth-order valence-electron chi connectivity index (χ4n) is 3.73. The Kier molecular flexibility index (Phi) is 9.14. The summed E-state index contributed by atoms with van der Waals surface area (Å²) in [6, 6.07) is 13.8. The first kappa shape index (κ1) is 26.0. The molecule has 0 aliphatic rings. The van der Waals surface area contributed by atoms with Crippen molar-refractivity contribution in [2.45, 2.75) is 65.5 Å². The second-order valence-electron chi connectivity index (χ2n) is 9.46. The summed E-state index contributed by atoms with van der Waals surface area (Å²) in [4.78, 5) is 48.4. The summed E-state index contributed by atoms with van der Waals surface area (Å²) < 4.78 is 5.25. The van der Waals surface area contributed by atoms with E-state index < -0.39 is 29.4 Å². The second-order valence-corrected chi connectivity index (χ2v) is 9.46. The van der Waals surface area contributed by atoms with E-state index in [9.17, 15) is 19.2 Å². The fraction of sp³-hybridized carbons (Fsp3) is 0.462. The van der Waals surface area contributed by atoms with Crippen LogP contribution in [0.2, 0.25) is 0 Å². The van der Waals surface area contributed by atoms with Crippen LogP contribution in [-0.2, 0) is 30.5 Å². The van der Waals surface area contributed by atoms with Gasteiger partial charge >= 0.3 is 11.9 Å². The van der Waals surface area contributed by atoms with E-state index in [0.717, 1.165) is 16.3 Å². The number of carbonyl (C=O) groups excluding carboxylic acids is 3. The summed E-state index contributed by atoms with van der Waals surface area (Å²) >= 11 is 0. The maximum Gasteiger partial charge on any atom is 0.306 e. The number of hydrogen-bond acceptors (Lipinski definition) is 5. The molecule has 0 saturated carbocycles. The first-order valence-electron chi connectivity index (χ1n) is 11.1. The molecule has 0 unspecified atom stereocenters. The van der Waals surface area contributed by atoms with E-state index in [2.05, 4.69) is 5.32 Å². The number of rotatable bonds is 11. The number of ether oxygens (including phenoxy) is 1. The van der Waals surface area contributed by atoms with Crippen molar-refractivity contribution in [2.24, 2.45) is 11.8 Å². The molecule has 0 aliphatic heterocycles. The van der Waals surface area contributed by atoms with Crippen LogP contribution < -0.4 is 5.32 Å². The molecular weight excluding hydrogens is 422 g/mol. The van der Waals surface area contributed by atoms with Crippen LogP contribution >= 0.6 is 0 Å². The number of fused-ring (bicyclic) bond motifs is 1. The van der Waals surface area contributed by atoms with Crippen molar-refractivity contribution in [1.82, 2.24) is 5.32 Å². The van der Waals surface area contributed by atoms with Crippen molar-refractivity contribution in [1.29, 1.82) is 0 Å². The molecule has 0 bridgehead atoms. The van der Waals surface area contributed by atoms with Crippen LogP contribution in [-0.4, -0.2) is 34.3 Å². The van der Waals surface area contributed by atoms with Gasteiger partial charge in [0, 0.05) is 38.1 Å². The number of carbonyl (C=O) groups is 4. The molecule has 0 fully saturated rings. The summed E-state index contributed by atoms with van der Waals surface area (Å²) in [6.07, 6.45) is -0.581. The molecule has 2 aromatic rings.